The maximum absolute atomic E-state index is 12.7. The first kappa shape index (κ1) is 30.3. The van der Waals surface area contributed by atoms with Gasteiger partial charge in [-0.1, -0.05) is 139 Å². The molecule has 0 saturated heterocycles. The predicted octanol–water partition coefficient (Wildman–Crippen LogP) is 9.76. The second-order valence-corrected chi connectivity index (χ2v) is 10.8. The van der Waals surface area contributed by atoms with Crippen molar-refractivity contribution >= 4 is 5.78 Å². The molecule has 0 fully saturated rings. The fraction of sp³-hybridized carbons (Fsp3) is 0.618. The normalized spacial score (nSPS) is 11.6. The van der Waals surface area contributed by atoms with Crippen molar-refractivity contribution in [3.8, 4) is 0 Å². The van der Waals surface area contributed by atoms with Gasteiger partial charge in [-0.25, -0.2) is 0 Å². The van der Waals surface area contributed by atoms with Crippen LogP contribution in [0, 0.1) is 0 Å². The van der Waals surface area contributed by atoms with E-state index in [9.17, 15) is 4.79 Å². The summed E-state index contributed by atoms with van der Waals surface area (Å²) in [6.45, 7) is 11.6. The Morgan fingerprint density at radius 3 is 1.47 bits per heavy atom. The highest BCUT2D eigenvalue weighted by molar-refractivity contribution is 6.08. The summed E-state index contributed by atoms with van der Waals surface area (Å²) in [5.74, 6) is 0.108. The number of unbranched alkanes of at least 4 members (excludes halogenated alkanes) is 13. The zero-order valence-electron chi connectivity index (χ0n) is 23.8. The molecule has 2 rings (SSSR count). The lowest BCUT2D eigenvalue weighted by Gasteiger charge is -2.37. The van der Waals surface area contributed by atoms with E-state index in [2.05, 4.69) is 32.9 Å². The van der Waals surface area contributed by atoms with Gasteiger partial charge in [0.15, 0.2) is 5.78 Å². The fourth-order valence-corrected chi connectivity index (χ4v) is 5.39. The number of ketones is 1. The van der Waals surface area contributed by atoms with E-state index in [-0.39, 0.29) is 5.78 Å². The topological polar surface area (TPSA) is 17.1 Å². The van der Waals surface area contributed by atoms with Gasteiger partial charge in [-0.05, 0) is 26.7 Å². The first-order chi connectivity index (χ1) is 17.6. The number of hydrogen-bond acceptors (Lipinski definition) is 1. The van der Waals surface area contributed by atoms with Gasteiger partial charge in [0.2, 0.25) is 0 Å². The minimum Gasteiger partial charge on any atom is -0.320 e. The van der Waals surface area contributed by atoms with Crippen LogP contribution in [0.4, 0.5) is 0 Å². The van der Waals surface area contributed by atoms with Gasteiger partial charge < -0.3 is 4.48 Å². The summed E-state index contributed by atoms with van der Waals surface area (Å²) in [5.41, 5.74) is 2.88. The van der Waals surface area contributed by atoms with E-state index >= 15 is 0 Å². The van der Waals surface area contributed by atoms with E-state index in [1.807, 2.05) is 42.5 Å². The number of carbonyl (C=O) groups is 1. The van der Waals surface area contributed by atoms with E-state index in [0.29, 0.717) is 0 Å². The number of nitrogens with zero attached hydrogens (tertiary/aromatic N) is 1. The van der Waals surface area contributed by atoms with Crippen LogP contribution in [0.15, 0.2) is 54.6 Å². The monoisotopic (exact) mass is 492 g/mol. The molecule has 2 nitrogen and oxygen atoms in total. The van der Waals surface area contributed by atoms with Crippen LogP contribution in [-0.4, -0.2) is 29.9 Å². The van der Waals surface area contributed by atoms with Crippen LogP contribution >= 0.6 is 0 Å². The van der Waals surface area contributed by atoms with Gasteiger partial charge in [-0.2, -0.15) is 0 Å². The minimum atomic E-state index is 0.108. The number of hydrogen-bond donors (Lipinski definition) is 0. The molecule has 2 heteroatoms. The zero-order valence-corrected chi connectivity index (χ0v) is 23.8. The van der Waals surface area contributed by atoms with Crippen molar-refractivity contribution in [3.05, 3.63) is 71.3 Å². The van der Waals surface area contributed by atoms with E-state index in [1.54, 1.807) is 0 Å². The van der Waals surface area contributed by atoms with Gasteiger partial charge in [0.05, 0.1) is 19.6 Å². The summed E-state index contributed by atoms with van der Waals surface area (Å²) < 4.78 is 1.14. The molecule has 0 unspecified atom stereocenters. The third kappa shape index (κ3) is 11.4. The van der Waals surface area contributed by atoms with Crippen LogP contribution in [-0.2, 0) is 6.54 Å². The van der Waals surface area contributed by atoms with Gasteiger partial charge in [-0.15, -0.1) is 0 Å². The summed E-state index contributed by atoms with van der Waals surface area (Å²) in [6, 6.07) is 17.9. The lowest BCUT2D eigenvalue weighted by molar-refractivity contribution is -0.938. The third-order valence-corrected chi connectivity index (χ3v) is 8.10. The van der Waals surface area contributed by atoms with Crippen molar-refractivity contribution < 1.29 is 9.28 Å². The Balaban J connectivity index is 1.64. The molecule has 0 amide bonds. The van der Waals surface area contributed by atoms with Crippen LogP contribution in [0.3, 0.4) is 0 Å². The zero-order chi connectivity index (χ0) is 25.9. The molecule has 0 radical (unpaired) electrons. The quantitative estimate of drug-likeness (QED) is 0.0962. The highest BCUT2D eigenvalue weighted by Gasteiger charge is 2.23. The second-order valence-electron chi connectivity index (χ2n) is 10.8. The first-order valence-electron chi connectivity index (χ1n) is 15.2. The Labute approximate surface area is 223 Å². The van der Waals surface area contributed by atoms with Crippen LogP contribution in [0.1, 0.15) is 132 Å². The maximum atomic E-state index is 12.7. The molecule has 2 aromatic rings. The number of benzene rings is 2. The summed E-state index contributed by atoms with van der Waals surface area (Å²) in [5, 5.41) is 0. The molecular weight excluding hydrogens is 438 g/mol. The molecule has 0 bridgehead atoms. The third-order valence-electron chi connectivity index (χ3n) is 8.10. The number of rotatable bonds is 21. The lowest BCUT2D eigenvalue weighted by atomic mass is 10.0. The van der Waals surface area contributed by atoms with Gasteiger partial charge in [0, 0.05) is 16.7 Å². The van der Waals surface area contributed by atoms with Crippen LogP contribution in [0.5, 0.6) is 0 Å². The molecule has 0 spiro atoms. The molecule has 0 aliphatic heterocycles. The fourth-order valence-electron chi connectivity index (χ4n) is 5.39. The molecule has 0 aromatic heterocycles. The van der Waals surface area contributed by atoms with Gasteiger partial charge in [0.1, 0.15) is 6.54 Å². The summed E-state index contributed by atoms with van der Waals surface area (Å²) >= 11 is 0. The van der Waals surface area contributed by atoms with E-state index in [4.69, 9.17) is 0 Å². The Kier molecular flexibility index (Phi) is 15.4. The molecule has 200 valence electrons. The van der Waals surface area contributed by atoms with Crippen LogP contribution in [0.2, 0.25) is 0 Å². The van der Waals surface area contributed by atoms with Gasteiger partial charge in [0.25, 0.3) is 0 Å². The highest BCUT2D eigenvalue weighted by Crippen LogP contribution is 2.19. The molecule has 2 aromatic carbocycles. The minimum absolute atomic E-state index is 0.108. The van der Waals surface area contributed by atoms with Gasteiger partial charge >= 0.3 is 0 Å². The molecule has 0 heterocycles. The molecule has 36 heavy (non-hydrogen) atoms. The maximum Gasteiger partial charge on any atom is 0.193 e. The second kappa shape index (κ2) is 18.3. The van der Waals surface area contributed by atoms with Crippen molar-refractivity contribution in [2.45, 2.75) is 117 Å². The first-order valence-corrected chi connectivity index (χ1v) is 15.2. The van der Waals surface area contributed by atoms with Crippen LogP contribution in [0.25, 0.3) is 0 Å². The lowest BCUT2D eigenvalue weighted by Crippen LogP contribution is -2.47. The van der Waals surface area contributed by atoms with Crippen molar-refractivity contribution in [2.24, 2.45) is 0 Å². The predicted molar refractivity (Wildman–Crippen MR) is 157 cm³/mol. The van der Waals surface area contributed by atoms with Crippen molar-refractivity contribution in [1.82, 2.24) is 0 Å². The summed E-state index contributed by atoms with van der Waals surface area (Å²) in [7, 11) is 0. The molecule has 0 atom stereocenters. The average molecular weight is 493 g/mol. The number of carbonyl (C=O) groups excluding carboxylic acids is 1. The molecule has 0 N–H and O–H groups in total. The Morgan fingerprint density at radius 1 is 0.556 bits per heavy atom. The summed E-state index contributed by atoms with van der Waals surface area (Å²) in [6.07, 6.45) is 19.8. The largest absolute Gasteiger partial charge is 0.320 e. The van der Waals surface area contributed by atoms with Crippen molar-refractivity contribution in [1.29, 1.82) is 0 Å². The SMILES string of the molecule is CCCCCCCCCCCCCCCC[N+](CC)(CC)Cc1ccc(C(=O)c2ccccc2)cc1. The smallest absolute Gasteiger partial charge is 0.193 e. The number of quaternary nitrogens is 1. The van der Waals surface area contributed by atoms with E-state index < -0.39 is 0 Å². The molecule has 0 aliphatic rings. The summed E-state index contributed by atoms with van der Waals surface area (Å²) in [4.78, 5) is 12.7. The average Bonchev–Trinajstić information content (AvgIpc) is 2.93. The molecule has 0 aliphatic carbocycles. The Morgan fingerprint density at radius 2 is 1.00 bits per heavy atom. The molecule has 0 saturated carbocycles. The van der Waals surface area contributed by atoms with Crippen molar-refractivity contribution in [2.75, 3.05) is 19.6 Å². The molecular formula is C34H54NO+. The van der Waals surface area contributed by atoms with Gasteiger partial charge in [-0.3, -0.25) is 4.79 Å². The van der Waals surface area contributed by atoms with Crippen molar-refractivity contribution in [3.63, 3.8) is 0 Å². The van der Waals surface area contributed by atoms with Crippen LogP contribution < -0.4 is 0 Å². The van der Waals surface area contributed by atoms with E-state index in [1.165, 1.54) is 115 Å². The Bertz CT molecular complexity index is 807. The standard InChI is InChI=1S/C34H54NO/c1-4-7-8-9-10-11-12-13-14-15-16-17-18-22-29-35(5-2,6-3)30-31-25-27-33(28-26-31)34(36)32-23-20-19-21-24-32/h19-21,23-28H,4-18,22,29-30H2,1-3H3/q+1. The highest BCUT2D eigenvalue weighted by atomic mass is 16.1. The Hall–Kier alpha value is -1.93. The van der Waals surface area contributed by atoms with E-state index in [0.717, 1.165) is 22.2 Å².